The predicted molar refractivity (Wildman–Crippen MR) is 156 cm³/mol. The Kier molecular flexibility index (Phi) is 7.73. The highest BCUT2D eigenvalue weighted by atomic mass is 16.5. The number of rotatable bonds is 6. The van der Waals surface area contributed by atoms with E-state index < -0.39 is 0 Å². The summed E-state index contributed by atoms with van der Waals surface area (Å²) in [7, 11) is 0. The highest BCUT2D eigenvalue weighted by molar-refractivity contribution is 5.12. The minimum Gasteiger partial charge on any atom is -0.375 e. The van der Waals surface area contributed by atoms with Crippen molar-refractivity contribution in [1.29, 1.82) is 0 Å². The van der Waals surface area contributed by atoms with Crippen molar-refractivity contribution in [2.24, 2.45) is 46.3 Å². The van der Waals surface area contributed by atoms with Crippen molar-refractivity contribution in [1.82, 2.24) is 0 Å². The largest absolute Gasteiger partial charge is 0.375 e. The predicted octanol–water partition coefficient (Wildman–Crippen LogP) is 9.88. The van der Waals surface area contributed by atoms with Crippen LogP contribution in [0.3, 0.4) is 0 Å². The number of hydrogen-bond acceptors (Lipinski definition) is 2. The Hall–Kier alpha value is -0.0800. The van der Waals surface area contributed by atoms with Gasteiger partial charge in [-0.1, -0.05) is 13.8 Å². The lowest BCUT2D eigenvalue weighted by Crippen LogP contribution is -2.57. The van der Waals surface area contributed by atoms with Crippen molar-refractivity contribution in [3.05, 3.63) is 0 Å². The van der Waals surface area contributed by atoms with E-state index in [9.17, 15) is 0 Å². The topological polar surface area (TPSA) is 18.5 Å². The van der Waals surface area contributed by atoms with Gasteiger partial charge in [0.1, 0.15) is 0 Å². The Morgan fingerprint density at radius 1 is 0.421 bits per heavy atom. The highest BCUT2D eigenvalue weighted by Crippen LogP contribution is 2.71. The van der Waals surface area contributed by atoms with E-state index in [2.05, 4.69) is 13.8 Å². The zero-order valence-corrected chi connectivity index (χ0v) is 25.1. The number of hydrogen-bond donors (Lipinski definition) is 0. The molecule has 0 N–H and O–H groups in total. The lowest BCUT2D eigenvalue weighted by Gasteiger charge is -2.67. The summed E-state index contributed by atoms with van der Waals surface area (Å²) in [6.07, 6.45) is 34.1. The molecule has 2 heteroatoms. The molecule has 0 heterocycles. The van der Waals surface area contributed by atoms with E-state index in [1.165, 1.54) is 103 Å². The van der Waals surface area contributed by atoms with Gasteiger partial charge in [-0.25, -0.2) is 0 Å². The van der Waals surface area contributed by atoms with E-state index in [0.717, 1.165) is 35.5 Å². The van der Waals surface area contributed by atoms with Gasteiger partial charge in [0.15, 0.2) is 0 Å². The van der Waals surface area contributed by atoms with Crippen LogP contribution in [0.2, 0.25) is 0 Å². The summed E-state index contributed by atoms with van der Waals surface area (Å²) in [4.78, 5) is 0. The maximum Gasteiger partial charge on any atom is 0.0579 e. The van der Waals surface area contributed by atoms with Crippen molar-refractivity contribution in [2.75, 3.05) is 0 Å². The average molecular weight is 525 g/mol. The molecule has 4 bridgehead atoms. The van der Waals surface area contributed by atoms with Gasteiger partial charge >= 0.3 is 0 Å². The van der Waals surface area contributed by atoms with Crippen LogP contribution >= 0.6 is 0 Å². The van der Waals surface area contributed by atoms with Gasteiger partial charge in [-0.05, 0) is 188 Å². The summed E-state index contributed by atoms with van der Waals surface area (Å²) in [5, 5.41) is 0. The van der Waals surface area contributed by atoms with Crippen molar-refractivity contribution in [3.63, 3.8) is 0 Å². The summed E-state index contributed by atoms with van der Waals surface area (Å²) >= 11 is 0. The quantitative estimate of drug-likeness (QED) is 0.344. The molecule has 0 aromatic rings. The highest BCUT2D eigenvalue weighted by Gasteiger charge is 2.61. The summed E-state index contributed by atoms with van der Waals surface area (Å²) in [6, 6.07) is 0. The summed E-state index contributed by atoms with van der Waals surface area (Å²) in [6.45, 7) is 4.86. The molecule has 0 atom stereocenters. The first-order chi connectivity index (χ1) is 18.5. The molecule has 8 fully saturated rings. The van der Waals surface area contributed by atoms with Crippen LogP contribution in [0.25, 0.3) is 0 Å². The van der Waals surface area contributed by atoms with E-state index in [1.807, 2.05) is 0 Å². The first-order valence-electron chi connectivity index (χ1n) is 17.8. The molecular weight excluding hydrogens is 464 g/mol. The zero-order chi connectivity index (χ0) is 25.7. The molecule has 0 radical (unpaired) electrons. The van der Waals surface area contributed by atoms with Crippen LogP contribution in [0.1, 0.15) is 155 Å². The second-order valence-corrected chi connectivity index (χ2v) is 16.7. The smallest absolute Gasteiger partial charge is 0.0579 e. The monoisotopic (exact) mass is 524 g/mol. The summed E-state index contributed by atoms with van der Waals surface area (Å²) in [5.74, 6) is 6.00. The SMILES string of the molecule is CC1CCC(OC2CCC(C34CC5CC(C3)CC(C3CCC(OC6CCC(C)CC6)CC3)(C5)C4)CC2)CC1. The zero-order valence-electron chi connectivity index (χ0n) is 25.1. The van der Waals surface area contributed by atoms with Gasteiger partial charge in [-0.3, -0.25) is 0 Å². The van der Waals surface area contributed by atoms with Gasteiger partial charge in [-0.15, -0.1) is 0 Å². The summed E-state index contributed by atoms with van der Waals surface area (Å²) < 4.78 is 13.4. The molecule has 8 aliphatic rings. The van der Waals surface area contributed by atoms with Crippen LogP contribution in [0, 0.1) is 46.3 Å². The molecule has 0 aromatic carbocycles. The molecule has 38 heavy (non-hydrogen) atoms. The number of ether oxygens (including phenoxy) is 2. The normalized spacial score (nSPS) is 53.2. The van der Waals surface area contributed by atoms with Gasteiger partial charge in [0, 0.05) is 0 Å². The van der Waals surface area contributed by atoms with Crippen molar-refractivity contribution >= 4 is 0 Å². The molecular formula is C36H60O2. The van der Waals surface area contributed by atoms with Gasteiger partial charge in [-0.2, -0.15) is 0 Å². The van der Waals surface area contributed by atoms with Crippen LogP contribution in [0.4, 0.5) is 0 Å². The molecule has 216 valence electrons. The van der Waals surface area contributed by atoms with Gasteiger partial charge in [0.25, 0.3) is 0 Å². The Morgan fingerprint density at radius 2 is 0.737 bits per heavy atom. The Labute approximate surface area is 235 Å². The van der Waals surface area contributed by atoms with Crippen molar-refractivity contribution < 1.29 is 9.47 Å². The Morgan fingerprint density at radius 3 is 1.08 bits per heavy atom. The molecule has 0 spiro atoms. The third kappa shape index (κ3) is 5.42. The second-order valence-electron chi connectivity index (χ2n) is 16.7. The van der Waals surface area contributed by atoms with E-state index >= 15 is 0 Å². The van der Waals surface area contributed by atoms with Crippen LogP contribution in [-0.4, -0.2) is 24.4 Å². The fourth-order valence-corrected chi connectivity index (χ4v) is 12.3. The molecule has 0 saturated heterocycles. The van der Waals surface area contributed by atoms with E-state index in [1.54, 1.807) is 38.5 Å². The minimum atomic E-state index is 0.579. The molecule has 2 nitrogen and oxygen atoms in total. The van der Waals surface area contributed by atoms with Crippen LogP contribution in [0.5, 0.6) is 0 Å². The van der Waals surface area contributed by atoms with Crippen LogP contribution in [-0.2, 0) is 9.47 Å². The minimum absolute atomic E-state index is 0.579. The molecule has 0 aromatic heterocycles. The molecule has 0 unspecified atom stereocenters. The van der Waals surface area contributed by atoms with Crippen LogP contribution in [0.15, 0.2) is 0 Å². The lowest BCUT2D eigenvalue weighted by atomic mass is 9.38. The Balaban J connectivity index is 0.946. The first-order valence-corrected chi connectivity index (χ1v) is 17.8. The fourth-order valence-electron chi connectivity index (χ4n) is 12.3. The standard InChI is InChI=1S/C36H60O2/c1-25-3-11-31(12-4-25)37-33-15-7-29(8-16-33)35-20-27-19-28(21-35)23-36(22-27,24-35)30-9-17-34(18-10-30)38-32-13-5-26(2)6-14-32/h25-34H,3-24H2,1-2H3. The molecule has 8 rings (SSSR count). The summed E-state index contributed by atoms with van der Waals surface area (Å²) in [5.41, 5.74) is 1.42. The van der Waals surface area contributed by atoms with Crippen molar-refractivity contribution in [2.45, 2.75) is 180 Å². The molecule has 8 saturated carbocycles. The van der Waals surface area contributed by atoms with E-state index in [0.29, 0.717) is 35.2 Å². The van der Waals surface area contributed by atoms with Gasteiger partial charge in [0.2, 0.25) is 0 Å². The van der Waals surface area contributed by atoms with Crippen LogP contribution < -0.4 is 0 Å². The molecule has 0 aliphatic heterocycles. The fraction of sp³-hybridized carbons (Fsp3) is 1.00. The first kappa shape index (κ1) is 26.8. The lowest BCUT2D eigenvalue weighted by molar-refractivity contribution is -0.177. The van der Waals surface area contributed by atoms with E-state index in [4.69, 9.17) is 9.47 Å². The van der Waals surface area contributed by atoms with E-state index in [-0.39, 0.29) is 0 Å². The second kappa shape index (κ2) is 11.0. The van der Waals surface area contributed by atoms with Gasteiger partial charge < -0.3 is 9.47 Å². The maximum atomic E-state index is 6.72. The van der Waals surface area contributed by atoms with Gasteiger partial charge in [0.05, 0.1) is 24.4 Å². The third-order valence-electron chi connectivity index (χ3n) is 13.9. The third-order valence-corrected chi connectivity index (χ3v) is 13.9. The molecule has 8 aliphatic carbocycles. The molecule has 0 amide bonds. The maximum absolute atomic E-state index is 6.72. The average Bonchev–Trinajstić information content (AvgIpc) is 2.91. The van der Waals surface area contributed by atoms with Crippen molar-refractivity contribution in [3.8, 4) is 0 Å². The Bertz CT molecular complexity index is 697.